The molecule has 8 rings (SSSR count). The Hall–Kier alpha value is -5.68. The first kappa shape index (κ1) is 42.0. The Morgan fingerprint density at radius 1 is 0.492 bits per heavy atom. The van der Waals surface area contributed by atoms with Gasteiger partial charge in [0.05, 0.1) is 6.61 Å². The van der Waals surface area contributed by atoms with Crippen molar-refractivity contribution in [3.05, 3.63) is 119 Å². The molecule has 0 unspecified atom stereocenters. The summed E-state index contributed by atoms with van der Waals surface area (Å²) >= 11 is 0. The molecule has 0 aliphatic heterocycles. The minimum atomic E-state index is -1.17. The molecular weight excluding hydrogens is 769 g/mol. The van der Waals surface area contributed by atoms with E-state index >= 15 is 0 Å². The number of hydrogen-bond acceptors (Lipinski definition) is 7. The molecule has 2 atom stereocenters. The number of fused-ring (bicyclic) bond motifs is 6. The van der Waals surface area contributed by atoms with E-state index in [2.05, 4.69) is 69.8 Å². The van der Waals surface area contributed by atoms with Gasteiger partial charge in [0.25, 0.3) is 0 Å². The Morgan fingerprint density at radius 2 is 0.820 bits per heavy atom. The third-order valence-corrected chi connectivity index (χ3v) is 13.3. The second kappa shape index (κ2) is 19.8. The zero-order chi connectivity index (χ0) is 42.1. The number of amides is 4. The van der Waals surface area contributed by atoms with Crippen LogP contribution >= 0.6 is 0 Å². The SMILES string of the molecule is O=C(N[C@@H](CC1CCCCC1)C(=O)NC(CO)NC(=O)[C@H](CC1CCCCC1)NC(=O)OCC1c2ccccc2-c2ccccc21)OCC1c2ccccc2-c2ccccc21. The van der Waals surface area contributed by atoms with E-state index in [1.54, 1.807) is 0 Å². The quantitative estimate of drug-likeness (QED) is 0.0756. The smallest absolute Gasteiger partial charge is 0.407 e. The topological polar surface area (TPSA) is 155 Å². The number of alkyl carbamates (subject to hydrolysis) is 2. The molecule has 11 nitrogen and oxygen atoms in total. The lowest BCUT2D eigenvalue weighted by molar-refractivity contribution is -0.127. The van der Waals surface area contributed by atoms with Crippen LogP contribution in [0.5, 0.6) is 0 Å². The van der Waals surface area contributed by atoms with Crippen molar-refractivity contribution >= 4 is 24.0 Å². The highest BCUT2D eigenvalue weighted by Gasteiger charge is 2.34. The molecule has 4 amide bonds. The molecule has 5 N–H and O–H groups in total. The minimum Gasteiger partial charge on any atom is -0.449 e. The molecule has 4 aromatic carbocycles. The Balaban J connectivity index is 0.905. The first-order valence-electron chi connectivity index (χ1n) is 22.3. The third kappa shape index (κ3) is 9.94. The normalized spacial score (nSPS) is 17.3. The molecule has 0 aromatic heterocycles. The molecule has 4 aromatic rings. The fraction of sp³-hybridized carbons (Fsp3) is 0.440. The van der Waals surface area contributed by atoms with Crippen molar-refractivity contribution in [2.24, 2.45) is 11.8 Å². The van der Waals surface area contributed by atoms with E-state index in [0.29, 0.717) is 12.8 Å². The fourth-order valence-corrected chi connectivity index (χ4v) is 10.2. The van der Waals surface area contributed by atoms with Gasteiger partial charge in [0.1, 0.15) is 31.5 Å². The van der Waals surface area contributed by atoms with Crippen LogP contribution in [0.3, 0.4) is 0 Å². The van der Waals surface area contributed by atoms with Crippen molar-refractivity contribution in [1.82, 2.24) is 21.3 Å². The largest absolute Gasteiger partial charge is 0.449 e. The number of carbonyl (C=O) groups excluding carboxylic acids is 4. The van der Waals surface area contributed by atoms with E-state index in [1.165, 1.54) is 0 Å². The van der Waals surface area contributed by atoms with Gasteiger partial charge in [0.15, 0.2) is 0 Å². The lowest BCUT2D eigenvalue weighted by Crippen LogP contribution is -2.59. The van der Waals surface area contributed by atoms with Crippen LogP contribution in [-0.2, 0) is 19.1 Å². The lowest BCUT2D eigenvalue weighted by atomic mass is 9.84. The van der Waals surface area contributed by atoms with Crippen molar-refractivity contribution in [1.29, 1.82) is 0 Å². The molecular formula is C50H58N4O7. The summed E-state index contributed by atoms with van der Waals surface area (Å²) in [6, 6.07) is 30.5. The summed E-state index contributed by atoms with van der Waals surface area (Å²) in [5.41, 5.74) is 8.82. The van der Waals surface area contributed by atoms with Gasteiger partial charge in [-0.3, -0.25) is 9.59 Å². The number of benzene rings is 4. The van der Waals surface area contributed by atoms with Crippen molar-refractivity contribution in [3.8, 4) is 22.3 Å². The molecule has 0 spiro atoms. The van der Waals surface area contributed by atoms with Crippen LogP contribution in [0, 0.1) is 11.8 Å². The van der Waals surface area contributed by atoms with Crippen LogP contribution in [0.15, 0.2) is 97.1 Å². The molecule has 320 valence electrons. The van der Waals surface area contributed by atoms with Gasteiger partial charge in [0, 0.05) is 11.8 Å². The van der Waals surface area contributed by atoms with Crippen LogP contribution in [0.2, 0.25) is 0 Å². The van der Waals surface area contributed by atoms with E-state index < -0.39 is 48.9 Å². The van der Waals surface area contributed by atoms with Gasteiger partial charge in [-0.15, -0.1) is 0 Å². The van der Waals surface area contributed by atoms with Gasteiger partial charge in [-0.05, 0) is 69.2 Å². The summed E-state index contributed by atoms with van der Waals surface area (Å²) in [6.07, 6.45) is 8.48. The van der Waals surface area contributed by atoms with E-state index in [-0.39, 0.29) is 36.9 Å². The number of hydrogen-bond donors (Lipinski definition) is 5. The molecule has 4 aliphatic carbocycles. The summed E-state index contributed by atoms with van der Waals surface area (Å²) in [6.45, 7) is -0.391. The summed E-state index contributed by atoms with van der Waals surface area (Å²) in [5.74, 6) is -0.898. The Morgan fingerprint density at radius 3 is 1.15 bits per heavy atom. The van der Waals surface area contributed by atoms with Gasteiger partial charge >= 0.3 is 12.2 Å². The zero-order valence-corrected chi connectivity index (χ0v) is 34.8. The van der Waals surface area contributed by atoms with Gasteiger partial charge in [0.2, 0.25) is 11.8 Å². The standard InChI is InChI=1S/C50H58N4O7/c55-29-46(53-47(56)44(27-32-15-3-1-4-16-32)51-49(58)60-30-42-38-23-11-7-19-34(38)35-20-8-12-24-39(35)42)54-48(57)45(28-33-17-5-2-6-18-33)52-50(59)61-31-43-40-25-13-9-21-36(40)37-22-10-14-26-41(37)43/h7-14,19-26,32-33,42-46,55H,1-6,15-18,27-31H2,(H,51,58)(H,52,59)(H,53,56)(H,54,57)/t44-,45-/m0/s1. The van der Waals surface area contributed by atoms with Crippen LogP contribution in [0.1, 0.15) is 111 Å². The molecule has 0 bridgehead atoms. The minimum absolute atomic E-state index is 0.103. The highest BCUT2D eigenvalue weighted by molar-refractivity contribution is 5.88. The maximum Gasteiger partial charge on any atom is 0.407 e. The molecule has 0 heterocycles. The van der Waals surface area contributed by atoms with Crippen LogP contribution in [0.25, 0.3) is 22.3 Å². The highest BCUT2D eigenvalue weighted by atomic mass is 16.6. The molecule has 4 aliphatic rings. The van der Waals surface area contributed by atoms with Crippen LogP contribution < -0.4 is 21.3 Å². The van der Waals surface area contributed by atoms with Crippen molar-refractivity contribution < 1.29 is 33.8 Å². The number of aliphatic hydroxyl groups is 1. The average molecular weight is 827 g/mol. The highest BCUT2D eigenvalue weighted by Crippen LogP contribution is 2.46. The Bertz CT molecular complexity index is 1940. The van der Waals surface area contributed by atoms with E-state index in [9.17, 15) is 24.3 Å². The Labute approximate surface area is 358 Å². The molecule has 2 saturated carbocycles. The van der Waals surface area contributed by atoms with Crippen molar-refractivity contribution in [3.63, 3.8) is 0 Å². The lowest BCUT2D eigenvalue weighted by Gasteiger charge is -2.30. The van der Waals surface area contributed by atoms with Crippen molar-refractivity contribution in [2.45, 2.75) is 107 Å². The van der Waals surface area contributed by atoms with E-state index in [0.717, 1.165) is 109 Å². The van der Waals surface area contributed by atoms with Crippen molar-refractivity contribution in [2.75, 3.05) is 19.8 Å². The van der Waals surface area contributed by atoms with Gasteiger partial charge in [-0.2, -0.15) is 0 Å². The summed E-state index contributed by atoms with van der Waals surface area (Å²) < 4.78 is 11.7. The van der Waals surface area contributed by atoms with Gasteiger partial charge in [-0.25, -0.2) is 9.59 Å². The first-order chi connectivity index (χ1) is 29.9. The second-order valence-electron chi connectivity index (χ2n) is 17.3. The predicted octanol–water partition coefficient (Wildman–Crippen LogP) is 8.29. The maximum atomic E-state index is 14.0. The summed E-state index contributed by atoms with van der Waals surface area (Å²) in [5, 5.41) is 21.7. The molecule has 61 heavy (non-hydrogen) atoms. The monoisotopic (exact) mass is 826 g/mol. The number of ether oxygens (including phenoxy) is 2. The maximum absolute atomic E-state index is 14.0. The van der Waals surface area contributed by atoms with E-state index in [4.69, 9.17) is 9.47 Å². The number of aliphatic hydroxyl groups excluding tert-OH is 1. The first-order valence-corrected chi connectivity index (χ1v) is 22.3. The molecule has 11 heteroatoms. The fourth-order valence-electron chi connectivity index (χ4n) is 10.2. The molecule has 0 saturated heterocycles. The van der Waals surface area contributed by atoms with Gasteiger partial charge in [-0.1, -0.05) is 161 Å². The van der Waals surface area contributed by atoms with Gasteiger partial charge < -0.3 is 35.8 Å². The Kier molecular flexibility index (Phi) is 13.6. The molecule has 2 fully saturated rings. The number of rotatable bonds is 15. The zero-order valence-electron chi connectivity index (χ0n) is 34.8. The summed E-state index contributed by atoms with van der Waals surface area (Å²) in [4.78, 5) is 55.0. The van der Waals surface area contributed by atoms with Crippen LogP contribution in [-0.4, -0.2) is 67.2 Å². The second-order valence-corrected chi connectivity index (χ2v) is 17.3. The van der Waals surface area contributed by atoms with Crippen LogP contribution in [0.4, 0.5) is 9.59 Å². The predicted molar refractivity (Wildman–Crippen MR) is 234 cm³/mol. The average Bonchev–Trinajstić information content (AvgIpc) is 3.79. The summed E-state index contributed by atoms with van der Waals surface area (Å²) in [7, 11) is 0. The third-order valence-electron chi connectivity index (χ3n) is 13.3. The number of nitrogens with one attached hydrogen (secondary N) is 4. The molecule has 0 radical (unpaired) electrons. The van der Waals surface area contributed by atoms with E-state index in [1.807, 2.05) is 48.5 Å². The number of carbonyl (C=O) groups is 4.